The van der Waals surface area contributed by atoms with Crippen molar-refractivity contribution in [2.75, 3.05) is 18.5 Å². The lowest BCUT2D eigenvalue weighted by atomic mass is 10.2. The number of benzene rings is 1. The van der Waals surface area contributed by atoms with E-state index in [0.717, 1.165) is 18.8 Å². The zero-order valence-electron chi connectivity index (χ0n) is 10.8. The first-order chi connectivity index (χ1) is 8.66. The maximum absolute atomic E-state index is 5.96. The molecule has 0 aliphatic carbocycles. The Hall–Kier alpha value is -1.97. The second kappa shape index (κ2) is 4.05. The first-order valence-electron chi connectivity index (χ1n) is 6.31. The normalized spacial score (nSPS) is 22.7. The minimum absolute atomic E-state index is 0.283. The summed E-state index contributed by atoms with van der Waals surface area (Å²) in [6.07, 6.45) is 3.24. The van der Waals surface area contributed by atoms with Crippen LogP contribution in [0.2, 0.25) is 0 Å². The van der Waals surface area contributed by atoms with Gasteiger partial charge >= 0.3 is 0 Å². The highest BCUT2D eigenvalue weighted by Gasteiger charge is 2.25. The molecule has 2 N–H and O–H groups in total. The van der Waals surface area contributed by atoms with Crippen LogP contribution in [0.4, 0.5) is 5.69 Å². The molecular formula is C14H18N4. The van der Waals surface area contributed by atoms with Crippen molar-refractivity contribution in [3.8, 4) is 0 Å². The molecule has 4 nitrogen and oxygen atoms in total. The number of hydrogen-bond donors (Lipinski definition) is 1. The van der Waals surface area contributed by atoms with Gasteiger partial charge in [-0.1, -0.05) is 18.2 Å². The number of anilines is 1. The molecule has 0 radical (unpaired) electrons. The molecule has 2 aliphatic heterocycles. The fraction of sp³-hybridized carbons (Fsp3) is 0.357. The Morgan fingerprint density at radius 3 is 2.89 bits per heavy atom. The molecule has 0 saturated carbocycles. The van der Waals surface area contributed by atoms with Gasteiger partial charge in [0.25, 0.3) is 0 Å². The molecule has 1 atom stereocenters. The number of nitrogens with zero attached hydrogens (tertiary/aromatic N) is 3. The lowest BCUT2D eigenvalue weighted by Crippen LogP contribution is -2.43. The summed E-state index contributed by atoms with van der Waals surface area (Å²) in [4.78, 5) is 8.74. The highest BCUT2D eigenvalue weighted by Crippen LogP contribution is 2.32. The number of fused-ring (bicyclic) bond motifs is 1. The standard InChI is InChI=1S/C14H18N4/c1-10-9-13(16-14(15)17(10)2)18-8-7-11-5-3-4-6-12(11)18/h3-6,9-10H,7-8H2,1-2H3,(H2,15,16). The van der Waals surface area contributed by atoms with Crippen LogP contribution in [0.3, 0.4) is 0 Å². The lowest BCUT2D eigenvalue weighted by molar-refractivity contribution is 0.436. The summed E-state index contributed by atoms with van der Waals surface area (Å²) in [5.41, 5.74) is 8.60. The van der Waals surface area contributed by atoms with Crippen LogP contribution in [0.1, 0.15) is 12.5 Å². The van der Waals surface area contributed by atoms with E-state index >= 15 is 0 Å². The second-order valence-corrected chi connectivity index (χ2v) is 4.88. The third-order valence-electron chi connectivity index (χ3n) is 3.76. The van der Waals surface area contributed by atoms with Crippen LogP contribution in [0.5, 0.6) is 0 Å². The topological polar surface area (TPSA) is 44.9 Å². The van der Waals surface area contributed by atoms with Crippen LogP contribution < -0.4 is 10.6 Å². The van der Waals surface area contributed by atoms with Crippen LogP contribution in [0.15, 0.2) is 41.2 Å². The van der Waals surface area contributed by atoms with Gasteiger partial charge < -0.3 is 15.5 Å². The fourth-order valence-electron chi connectivity index (χ4n) is 2.50. The van der Waals surface area contributed by atoms with Crippen molar-refractivity contribution >= 4 is 11.6 Å². The zero-order chi connectivity index (χ0) is 12.7. The van der Waals surface area contributed by atoms with Gasteiger partial charge in [-0.05, 0) is 31.1 Å². The van der Waals surface area contributed by atoms with Crippen LogP contribution >= 0.6 is 0 Å². The van der Waals surface area contributed by atoms with E-state index in [1.54, 1.807) is 0 Å². The molecule has 2 aliphatic rings. The van der Waals surface area contributed by atoms with E-state index < -0.39 is 0 Å². The van der Waals surface area contributed by atoms with E-state index in [2.05, 4.69) is 47.2 Å². The van der Waals surface area contributed by atoms with Crippen molar-refractivity contribution in [1.29, 1.82) is 0 Å². The zero-order valence-corrected chi connectivity index (χ0v) is 10.8. The van der Waals surface area contributed by atoms with E-state index in [-0.39, 0.29) is 6.04 Å². The molecule has 0 bridgehead atoms. The van der Waals surface area contributed by atoms with E-state index in [9.17, 15) is 0 Å². The number of aliphatic imine (C=N–C) groups is 1. The van der Waals surface area contributed by atoms with Crippen molar-refractivity contribution in [1.82, 2.24) is 4.90 Å². The quantitative estimate of drug-likeness (QED) is 0.812. The van der Waals surface area contributed by atoms with E-state index in [1.807, 2.05) is 11.9 Å². The largest absolute Gasteiger partial charge is 0.369 e. The van der Waals surface area contributed by atoms with Gasteiger partial charge in [0, 0.05) is 19.3 Å². The molecule has 3 rings (SSSR count). The molecule has 0 fully saturated rings. The Balaban J connectivity index is 1.97. The number of guanidine groups is 1. The van der Waals surface area contributed by atoms with Crippen molar-refractivity contribution in [2.45, 2.75) is 19.4 Å². The number of likely N-dealkylation sites (N-methyl/N-ethyl adjacent to an activating group) is 1. The highest BCUT2D eigenvalue weighted by molar-refractivity contribution is 5.81. The van der Waals surface area contributed by atoms with Gasteiger partial charge in [-0.15, -0.1) is 0 Å². The molecular weight excluding hydrogens is 224 g/mol. The summed E-state index contributed by atoms with van der Waals surface area (Å²) >= 11 is 0. The summed E-state index contributed by atoms with van der Waals surface area (Å²) in [7, 11) is 1.97. The average Bonchev–Trinajstić information content (AvgIpc) is 2.79. The maximum Gasteiger partial charge on any atom is 0.198 e. The van der Waals surface area contributed by atoms with Gasteiger partial charge in [0.2, 0.25) is 0 Å². The van der Waals surface area contributed by atoms with Gasteiger partial charge in [0.1, 0.15) is 5.82 Å². The predicted molar refractivity (Wildman–Crippen MR) is 74.4 cm³/mol. The summed E-state index contributed by atoms with van der Waals surface area (Å²) in [6, 6.07) is 8.78. The number of rotatable bonds is 1. The number of para-hydroxylation sites is 1. The third kappa shape index (κ3) is 1.65. The molecule has 4 heteroatoms. The summed E-state index contributed by atoms with van der Waals surface area (Å²) in [6.45, 7) is 3.11. The summed E-state index contributed by atoms with van der Waals surface area (Å²) < 4.78 is 0. The first kappa shape index (κ1) is 11.1. The molecule has 0 aromatic heterocycles. The molecule has 18 heavy (non-hydrogen) atoms. The van der Waals surface area contributed by atoms with Gasteiger partial charge in [-0.25, -0.2) is 0 Å². The molecule has 94 valence electrons. The van der Waals surface area contributed by atoms with Crippen LogP contribution in [0, 0.1) is 0 Å². The Morgan fingerprint density at radius 2 is 2.11 bits per heavy atom. The molecule has 1 aromatic carbocycles. The van der Waals surface area contributed by atoms with Gasteiger partial charge in [0.05, 0.1) is 6.04 Å². The number of hydrogen-bond acceptors (Lipinski definition) is 4. The Bertz CT molecular complexity index is 532. The van der Waals surface area contributed by atoms with E-state index in [1.165, 1.54) is 11.3 Å². The predicted octanol–water partition coefficient (Wildman–Crippen LogP) is 1.54. The SMILES string of the molecule is CC1C=C(N2CCc3ccccc32)N=C(N)N1C. The summed E-state index contributed by atoms with van der Waals surface area (Å²) in [5, 5.41) is 0. The van der Waals surface area contributed by atoms with Gasteiger partial charge in [0.15, 0.2) is 5.96 Å². The average molecular weight is 242 g/mol. The minimum atomic E-state index is 0.283. The van der Waals surface area contributed by atoms with Gasteiger partial charge in [-0.3, -0.25) is 0 Å². The van der Waals surface area contributed by atoms with Crippen LogP contribution in [-0.2, 0) is 6.42 Å². The van der Waals surface area contributed by atoms with Crippen molar-refractivity contribution in [3.05, 3.63) is 41.7 Å². The molecule has 0 saturated heterocycles. The molecule has 0 spiro atoms. The Labute approximate surface area is 107 Å². The van der Waals surface area contributed by atoms with Crippen molar-refractivity contribution < 1.29 is 0 Å². The smallest absolute Gasteiger partial charge is 0.198 e. The molecule has 1 unspecified atom stereocenters. The molecule has 2 heterocycles. The van der Waals surface area contributed by atoms with Crippen molar-refractivity contribution in [3.63, 3.8) is 0 Å². The monoisotopic (exact) mass is 242 g/mol. The highest BCUT2D eigenvalue weighted by atomic mass is 15.3. The van der Waals surface area contributed by atoms with Crippen LogP contribution in [-0.4, -0.2) is 30.5 Å². The van der Waals surface area contributed by atoms with Crippen molar-refractivity contribution in [2.24, 2.45) is 10.7 Å². The first-order valence-corrected chi connectivity index (χ1v) is 6.31. The minimum Gasteiger partial charge on any atom is -0.369 e. The third-order valence-corrected chi connectivity index (χ3v) is 3.76. The Morgan fingerprint density at radius 1 is 1.33 bits per heavy atom. The summed E-state index contributed by atoms with van der Waals surface area (Å²) in [5.74, 6) is 1.56. The van der Waals surface area contributed by atoms with E-state index in [4.69, 9.17) is 5.73 Å². The maximum atomic E-state index is 5.96. The molecule has 0 amide bonds. The Kier molecular flexibility index (Phi) is 2.51. The van der Waals surface area contributed by atoms with E-state index in [0.29, 0.717) is 5.96 Å². The fourth-order valence-corrected chi connectivity index (χ4v) is 2.50. The van der Waals surface area contributed by atoms with Gasteiger partial charge in [-0.2, -0.15) is 4.99 Å². The van der Waals surface area contributed by atoms with Crippen LogP contribution in [0.25, 0.3) is 0 Å². The number of nitrogens with two attached hydrogens (primary N) is 1. The second-order valence-electron chi connectivity index (χ2n) is 4.88. The lowest BCUT2D eigenvalue weighted by Gasteiger charge is -2.31. The molecule has 1 aromatic rings.